The third-order valence-electron chi connectivity index (χ3n) is 4.64. The van der Waals surface area contributed by atoms with Crippen molar-refractivity contribution in [3.05, 3.63) is 18.5 Å². The number of hydrogen-bond donors (Lipinski definition) is 0. The van der Waals surface area contributed by atoms with E-state index in [9.17, 15) is 0 Å². The molecule has 2 aliphatic heterocycles. The number of rotatable bonds is 3. The van der Waals surface area contributed by atoms with Crippen LogP contribution in [0.25, 0.3) is 0 Å². The van der Waals surface area contributed by atoms with Crippen LogP contribution in [0.5, 0.6) is 0 Å². The first-order chi connectivity index (χ1) is 9.67. The standard InChI is InChI=1S/C16H26N4/c1-14(2)11-19-10-6-16(12-19)5-3-9-20(13-16)15-17-7-4-8-18-15/h4,7-8,14H,3,5-6,9-13H2,1-2H3. The van der Waals surface area contributed by atoms with E-state index in [1.807, 2.05) is 18.5 Å². The van der Waals surface area contributed by atoms with E-state index >= 15 is 0 Å². The molecule has 0 bridgehead atoms. The molecule has 4 nitrogen and oxygen atoms in total. The second-order valence-electron chi connectivity index (χ2n) is 6.95. The molecule has 0 radical (unpaired) electrons. The molecule has 110 valence electrons. The summed E-state index contributed by atoms with van der Waals surface area (Å²) in [6.45, 7) is 10.6. The molecule has 2 fully saturated rings. The van der Waals surface area contributed by atoms with Crippen molar-refractivity contribution < 1.29 is 0 Å². The monoisotopic (exact) mass is 274 g/mol. The second-order valence-corrected chi connectivity index (χ2v) is 6.95. The van der Waals surface area contributed by atoms with Crippen LogP contribution >= 0.6 is 0 Å². The Morgan fingerprint density at radius 3 is 2.70 bits per heavy atom. The van der Waals surface area contributed by atoms with Gasteiger partial charge in [-0.25, -0.2) is 9.97 Å². The highest BCUT2D eigenvalue weighted by Gasteiger charge is 2.41. The van der Waals surface area contributed by atoms with E-state index in [-0.39, 0.29) is 0 Å². The first kappa shape index (κ1) is 13.8. The second kappa shape index (κ2) is 5.68. The predicted molar refractivity (Wildman–Crippen MR) is 81.8 cm³/mol. The number of piperidine rings is 1. The van der Waals surface area contributed by atoms with Crippen LogP contribution < -0.4 is 4.90 Å². The lowest BCUT2D eigenvalue weighted by Crippen LogP contribution is -2.45. The van der Waals surface area contributed by atoms with E-state index in [4.69, 9.17) is 0 Å². The van der Waals surface area contributed by atoms with Crippen molar-refractivity contribution in [3.8, 4) is 0 Å². The van der Waals surface area contributed by atoms with Crippen LogP contribution in [-0.4, -0.2) is 47.6 Å². The van der Waals surface area contributed by atoms with E-state index in [1.54, 1.807) is 0 Å². The van der Waals surface area contributed by atoms with Crippen molar-refractivity contribution in [2.45, 2.75) is 33.1 Å². The number of anilines is 1. The molecule has 0 aromatic carbocycles. The van der Waals surface area contributed by atoms with Crippen molar-refractivity contribution >= 4 is 5.95 Å². The number of nitrogens with zero attached hydrogens (tertiary/aromatic N) is 4. The van der Waals surface area contributed by atoms with Gasteiger partial charge in [-0.3, -0.25) is 0 Å². The minimum Gasteiger partial charge on any atom is -0.340 e. The van der Waals surface area contributed by atoms with Gasteiger partial charge in [0.25, 0.3) is 0 Å². The summed E-state index contributed by atoms with van der Waals surface area (Å²) in [6, 6.07) is 1.89. The third-order valence-corrected chi connectivity index (χ3v) is 4.64. The maximum absolute atomic E-state index is 4.43. The van der Waals surface area contributed by atoms with Crippen LogP contribution in [0.1, 0.15) is 33.1 Å². The Balaban J connectivity index is 1.67. The van der Waals surface area contributed by atoms with Gasteiger partial charge < -0.3 is 9.80 Å². The quantitative estimate of drug-likeness (QED) is 0.847. The Bertz CT molecular complexity index is 433. The average Bonchev–Trinajstić information content (AvgIpc) is 2.81. The molecule has 1 aromatic heterocycles. The van der Waals surface area contributed by atoms with E-state index in [2.05, 4.69) is 33.6 Å². The van der Waals surface area contributed by atoms with E-state index < -0.39 is 0 Å². The van der Waals surface area contributed by atoms with E-state index in [1.165, 1.54) is 38.9 Å². The van der Waals surface area contributed by atoms with Crippen molar-refractivity contribution in [1.29, 1.82) is 0 Å². The lowest BCUT2D eigenvalue weighted by molar-refractivity contribution is 0.209. The number of likely N-dealkylation sites (tertiary alicyclic amines) is 1. The summed E-state index contributed by atoms with van der Waals surface area (Å²) in [5.74, 6) is 1.68. The predicted octanol–water partition coefficient (Wildman–Crippen LogP) is 2.42. The molecule has 0 saturated carbocycles. The lowest BCUT2D eigenvalue weighted by atomic mass is 9.79. The summed E-state index contributed by atoms with van der Waals surface area (Å²) >= 11 is 0. The molecule has 0 amide bonds. The molecule has 3 rings (SSSR count). The van der Waals surface area contributed by atoms with Crippen LogP contribution in [0.3, 0.4) is 0 Å². The molecule has 1 unspecified atom stereocenters. The van der Waals surface area contributed by atoms with Gasteiger partial charge in [-0.2, -0.15) is 0 Å². The minimum absolute atomic E-state index is 0.479. The van der Waals surface area contributed by atoms with Crippen LogP contribution in [0.15, 0.2) is 18.5 Å². The first-order valence-electron chi connectivity index (χ1n) is 7.91. The molecule has 1 aromatic rings. The van der Waals surface area contributed by atoms with E-state index in [0.717, 1.165) is 25.0 Å². The van der Waals surface area contributed by atoms with Crippen molar-refractivity contribution in [3.63, 3.8) is 0 Å². The fourth-order valence-corrected chi connectivity index (χ4v) is 3.87. The summed E-state index contributed by atoms with van der Waals surface area (Å²) in [5.41, 5.74) is 0.479. The van der Waals surface area contributed by atoms with Gasteiger partial charge in [0.1, 0.15) is 0 Å². The van der Waals surface area contributed by atoms with Crippen molar-refractivity contribution in [2.24, 2.45) is 11.3 Å². The highest BCUT2D eigenvalue weighted by molar-refractivity contribution is 5.30. The molecule has 2 aliphatic rings. The normalized spacial score (nSPS) is 27.6. The zero-order valence-electron chi connectivity index (χ0n) is 12.8. The average molecular weight is 274 g/mol. The Morgan fingerprint density at radius 1 is 1.15 bits per heavy atom. The van der Waals surface area contributed by atoms with Crippen LogP contribution in [0, 0.1) is 11.3 Å². The van der Waals surface area contributed by atoms with Crippen molar-refractivity contribution in [1.82, 2.24) is 14.9 Å². The van der Waals surface area contributed by atoms with Gasteiger partial charge in [-0.1, -0.05) is 13.8 Å². The summed E-state index contributed by atoms with van der Waals surface area (Å²) in [7, 11) is 0. The summed E-state index contributed by atoms with van der Waals surface area (Å²) < 4.78 is 0. The summed E-state index contributed by atoms with van der Waals surface area (Å²) in [4.78, 5) is 13.9. The Hall–Kier alpha value is -1.16. The van der Waals surface area contributed by atoms with Gasteiger partial charge in [-0.05, 0) is 37.8 Å². The fourth-order valence-electron chi connectivity index (χ4n) is 3.87. The highest BCUT2D eigenvalue weighted by Crippen LogP contribution is 2.39. The lowest BCUT2D eigenvalue weighted by Gasteiger charge is -2.40. The van der Waals surface area contributed by atoms with Crippen LogP contribution in [0.2, 0.25) is 0 Å². The van der Waals surface area contributed by atoms with Gasteiger partial charge in [-0.15, -0.1) is 0 Å². The molecule has 2 saturated heterocycles. The molecule has 0 aliphatic carbocycles. The molecule has 4 heteroatoms. The molecule has 20 heavy (non-hydrogen) atoms. The smallest absolute Gasteiger partial charge is 0.225 e. The maximum atomic E-state index is 4.43. The molecule has 1 spiro atoms. The zero-order chi connectivity index (χ0) is 14.0. The molecular weight excluding hydrogens is 248 g/mol. The zero-order valence-corrected chi connectivity index (χ0v) is 12.8. The SMILES string of the molecule is CC(C)CN1CCC2(CCCN(c3ncccn3)C2)C1. The number of hydrogen-bond acceptors (Lipinski definition) is 4. The molecule has 1 atom stereocenters. The largest absolute Gasteiger partial charge is 0.340 e. The Kier molecular flexibility index (Phi) is 3.92. The van der Waals surface area contributed by atoms with Crippen LogP contribution in [0.4, 0.5) is 5.95 Å². The Labute approximate surface area is 122 Å². The maximum Gasteiger partial charge on any atom is 0.225 e. The molecule has 3 heterocycles. The first-order valence-corrected chi connectivity index (χ1v) is 7.91. The van der Waals surface area contributed by atoms with E-state index in [0.29, 0.717) is 5.41 Å². The van der Waals surface area contributed by atoms with Gasteiger partial charge in [0.2, 0.25) is 5.95 Å². The highest BCUT2D eigenvalue weighted by atomic mass is 15.3. The topological polar surface area (TPSA) is 32.3 Å². The van der Waals surface area contributed by atoms with Gasteiger partial charge in [0, 0.05) is 44.0 Å². The molecular formula is C16H26N4. The number of aromatic nitrogens is 2. The van der Waals surface area contributed by atoms with Gasteiger partial charge in [0.05, 0.1) is 0 Å². The summed E-state index contributed by atoms with van der Waals surface area (Å²) in [5, 5.41) is 0. The molecule has 0 N–H and O–H groups in total. The minimum atomic E-state index is 0.479. The fraction of sp³-hybridized carbons (Fsp3) is 0.750. The van der Waals surface area contributed by atoms with Crippen molar-refractivity contribution in [2.75, 3.05) is 37.6 Å². The van der Waals surface area contributed by atoms with Crippen LogP contribution in [-0.2, 0) is 0 Å². The van der Waals surface area contributed by atoms with Gasteiger partial charge >= 0.3 is 0 Å². The third kappa shape index (κ3) is 2.95. The Morgan fingerprint density at radius 2 is 1.95 bits per heavy atom. The van der Waals surface area contributed by atoms with Gasteiger partial charge in [0.15, 0.2) is 0 Å². The summed E-state index contributed by atoms with van der Waals surface area (Å²) in [6.07, 6.45) is 7.68.